The van der Waals surface area contributed by atoms with E-state index in [2.05, 4.69) is 16.3 Å². The van der Waals surface area contributed by atoms with Crippen molar-refractivity contribution in [3.8, 4) is 6.07 Å². The molecule has 1 aliphatic heterocycles. The second-order valence-electron chi connectivity index (χ2n) is 5.57. The van der Waals surface area contributed by atoms with Gasteiger partial charge in [-0.15, -0.1) is 0 Å². The first kappa shape index (κ1) is 16.2. The summed E-state index contributed by atoms with van der Waals surface area (Å²) in [5.74, 6) is 0. The van der Waals surface area contributed by atoms with Gasteiger partial charge in [-0.1, -0.05) is 17.7 Å². The highest BCUT2D eigenvalue weighted by Crippen LogP contribution is 2.19. The van der Waals surface area contributed by atoms with Crippen molar-refractivity contribution in [2.75, 3.05) is 36.4 Å². The molecule has 2 aromatic rings. The van der Waals surface area contributed by atoms with Crippen molar-refractivity contribution in [3.05, 3.63) is 59.1 Å². The van der Waals surface area contributed by atoms with Crippen LogP contribution >= 0.6 is 11.6 Å². The number of nitriles is 1. The van der Waals surface area contributed by atoms with Gasteiger partial charge in [0.2, 0.25) is 0 Å². The molecule has 2 amide bonds. The van der Waals surface area contributed by atoms with Crippen molar-refractivity contribution in [1.29, 1.82) is 5.26 Å². The second-order valence-corrected chi connectivity index (χ2v) is 6.01. The summed E-state index contributed by atoms with van der Waals surface area (Å²) in [6, 6.07) is 16.6. The fourth-order valence-corrected chi connectivity index (χ4v) is 2.80. The molecule has 24 heavy (non-hydrogen) atoms. The van der Waals surface area contributed by atoms with Gasteiger partial charge in [-0.2, -0.15) is 5.26 Å². The first-order valence-electron chi connectivity index (χ1n) is 7.72. The number of benzene rings is 2. The zero-order valence-corrected chi connectivity index (χ0v) is 13.8. The van der Waals surface area contributed by atoms with Gasteiger partial charge in [0.25, 0.3) is 0 Å². The molecule has 2 aromatic carbocycles. The van der Waals surface area contributed by atoms with Crippen LogP contribution in [0.1, 0.15) is 5.56 Å². The number of rotatable bonds is 2. The zero-order chi connectivity index (χ0) is 16.9. The highest BCUT2D eigenvalue weighted by atomic mass is 35.5. The van der Waals surface area contributed by atoms with Crippen molar-refractivity contribution in [2.45, 2.75) is 0 Å². The van der Waals surface area contributed by atoms with Crippen LogP contribution in [0.4, 0.5) is 16.2 Å². The summed E-state index contributed by atoms with van der Waals surface area (Å²) >= 11 is 5.84. The van der Waals surface area contributed by atoms with Crippen LogP contribution in [0.2, 0.25) is 5.02 Å². The smallest absolute Gasteiger partial charge is 0.321 e. The minimum absolute atomic E-state index is 0.109. The predicted molar refractivity (Wildman–Crippen MR) is 95.4 cm³/mol. The zero-order valence-electron chi connectivity index (χ0n) is 13.1. The first-order chi connectivity index (χ1) is 11.7. The molecule has 122 valence electrons. The molecule has 0 aliphatic carbocycles. The molecular formula is C18H17ClN4O. The third-order valence-electron chi connectivity index (χ3n) is 4.00. The van der Waals surface area contributed by atoms with Crippen LogP contribution in [0.3, 0.4) is 0 Å². The number of hydrogen-bond donors (Lipinski definition) is 1. The molecule has 0 unspecified atom stereocenters. The molecule has 0 bridgehead atoms. The van der Waals surface area contributed by atoms with Crippen LogP contribution in [-0.2, 0) is 0 Å². The fourth-order valence-electron chi connectivity index (χ4n) is 2.68. The Labute approximate surface area is 146 Å². The van der Waals surface area contributed by atoms with Gasteiger partial charge >= 0.3 is 6.03 Å². The number of halogens is 1. The van der Waals surface area contributed by atoms with Gasteiger partial charge in [-0.05, 0) is 42.5 Å². The van der Waals surface area contributed by atoms with Crippen LogP contribution in [0, 0.1) is 11.3 Å². The number of carbonyl (C=O) groups excluding carboxylic acids is 1. The Balaban J connectivity index is 1.57. The Hall–Kier alpha value is -2.71. The van der Waals surface area contributed by atoms with Crippen molar-refractivity contribution in [3.63, 3.8) is 0 Å². The Morgan fingerprint density at radius 1 is 1.08 bits per heavy atom. The second kappa shape index (κ2) is 7.24. The molecule has 1 heterocycles. The molecule has 1 N–H and O–H groups in total. The number of amides is 2. The molecule has 3 rings (SSSR count). The van der Waals surface area contributed by atoms with Gasteiger partial charge in [0.05, 0.1) is 11.6 Å². The largest absolute Gasteiger partial charge is 0.368 e. The minimum atomic E-state index is -0.109. The van der Waals surface area contributed by atoms with Gasteiger partial charge in [0.1, 0.15) is 0 Å². The summed E-state index contributed by atoms with van der Waals surface area (Å²) in [5.41, 5.74) is 2.40. The summed E-state index contributed by atoms with van der Waals surface area (Å²) in [7, 11) is 0. The lowest BCUT2D eigenvalue weighted by atomic mass is 10.2. The Morgan fingerprint density at radius 3 is 2.46 bits per heavy atom. The van der Waals surface area contributed by atoms with Gasteiger partial charge in [0.15, 0.2) is 0 Å². The molecule has 0 saturated carbocycles. The lowest BCUT2D eigenvalue weighted by Crippen LogP contribution is -2.50. The van der Waals surface area contributed by atoms with Gasteiger partial charge < -0.3 is 15.1 Å². The van der Waals surface area contributed by atoms with Gasteiger partial charge in [0, 0.05) is 42.6 Å². The third kappa shape index (κ3) is 3.79. The van der Waals surface area contributed by atoms with Crippen molar-refractivity contribution >= 4 is 29.0 Å². The summed E-state index contributed by atoms with van der Waals surface area (Å²) in [4.78, 5) is 16.3. The maximum absolute atomic E-state index is 12.3. The van der Waals surface area contributed by atoms with E-state index in [-0.39, 0.29) is 6.03 Å². The lowest BCUT2D eigenvalue weighted by molar-refractivity contribution is 0.208. The molecule has 5 nitrogen and oxygen atoms in total. The van der Waals surface area contributed by atoms with Crippen LogP contribution in [0.25, 0.3) is 0 Å². The Morgan fingerprint density at radius 2 is 1.79 bits per heavy atom. The van der Waals surface area contributed by atoms with E-state index in [1.807, 2.05) is 18.2 Å². The Kier molecular flexibility index (Phi) is 4.88. The van der Waals surface area contributed by atoms with Gasteiger partial charge in [-0.3, -0.25) is 0 Å². The molecule has 0 atom stereocenters. The van der Waals surface area contributed by atoms with E-state index in [4.69, 9.17) is 16.9 Å². The molecule has 0 spiro atoms. The number of nitrogens with one attached hydrogen (secondary N) is 1. The summed E-state index contributed by atoms with van der Waals surface area (Å²) in [6.07, 6.45) is 0. The standard InChI is InChI=1S/C18H17ClN4O/c19-15-4-6-16(7-5-15)21-18(24)23-10-8-22(9-11-23)17-3-1-2-14(12-17)13-20/h1-7,12H,8-11H2,(H,21,24). The lowest BCUT2D eigenvalue weighted by Gasteiger charge is -2.36. The topological polar surface area (TPSA) is 59.4 Å². The normalized spacial score (nSPS) is 14.2. The summed E-state index contributed by atoms with van der Waals surface area (Å²) in [5, 5.41) is 12.5. The van der Waals surface area contributed by atoms with E-state index < -0.39 is 0 Å². The molecule has 1 fully saturated rings. The SMILES string of the molecule is N#Cc1cccc(N2CCN(C(=O)Nc3ccc(Cl)cc3)CC2)c1. The molecular weight excluding hydrogens is 324 g/mol. The molecule has 0 radical (unpaired) electrons. The summed E-state index contributed by atoms with van der Waals surface area (Å²) < 4.78 is 0. The number of hydrogen-bond acceptors (Lipinski definition) is 3. The van der Waals surface area contributed by atoms with E-state index in [9.17, 15) is 4.79 Å². The maximum Gasteiger partial charge on any atom is 0.321 e. The van der Waals surface area contributed by atoms with Crippen molar-refractivity contribution in [1.82, 2.24) is 4.90 Å². The van der Waals surface area contributed by atoms with Crippen molar-refractivity contribution < 1.29 is 4.79 Å². The summed E-state index contributed by atoms with van der Waals surface area (Å²) in [6.45, 7) is 2.75. The Bertz CT molecular complexity index is 761. The number of piperazine rings is 1. The molecule has 1 aliphatic rings. The van der Waals surface area contributed by atoms with Crippen LogP contribution in [-0.4, -0.2) is 37.1 Å². The first-order valence-corrected chi connectivity index (χ1v) is 8.10. The number of urea groups is 1. The molecule has 0 aromatic heterocycles. The quantitative estimate of drug-likeness (QED) is 0.909. The minimum Gasteiger partial charge on any atom is -0.368 e. The predicted octanol–water partition coefficient (Wildman–Crippen LogP) is 3.57. The average Bonchev–Trinajstić information content (AvgIpc) is 2.64. The molecule has 6 heteroatoms. The van der Waals surface area contributed by atoms with E-state index in [1.165, 1.54) is 0 Å². The average molecular weight is 341 g/mol. The monoisotopic (exact) mass is 340 g/mol. The third-order valence-corrected chi connectivity index (χ3v) is 4.25. The van der Waals surface area contributed by atoms with Crippen LogP contribution < -0.4 is 10.2 Å². The highest BCUT2D eigenvalue weighted by molar-refractivity contribution is 6.30. The van der Waals surface area contributed by atoms with Crippen LogP contribution in [0.15, 0.2) is 48.5 Å². The van der Waals surface area contributed by atoms with E-state index in [0.29, 0.717) is 23.7 Å². The maximum atomic E-state index is 12.3. The van der Waals surface area contributed by atoms with Gasteiger partial charge in [-0.25, -0.2) is 4.79 Å². The number of nitrogens with zero attached hydrogens (tertiary/aromatic N) is 3. The van der Waals surface area contributed by atoms with E-state index in [1.54, 1.807) is 35.2 Å². The number of carbonyl (C=O) groups is 1. The van der Waals surface area contributed by atoms with E-state index >= 15 is 0 Å². The van der Waals surface area contributed by atoms with Crippen LogP contribution in [0.5, 0.6) is 0 Å². The molecule has 1 saturated heterocycles. The highest BCUT2D eigenvalue weighted by Gasteiger charge is 2.21. The number of anilines is 2. The van der Waals surface area contributed by atoms with Crippen molar-refractivity contribution in [2.24, 2.45) is 0 Å². The van der Waals surface area contributed by atoms with E-state index in [0.717, 1.165) is 24.5 Å². The fraction of sp³-hybridized carbons (Fsp3) is 0.222.